The molecule has 1 atom stereocenters. The molecule has 0 bridgehead atoms. The predicted octanol–water partition coefficient (Wildman–Crippen LogP) is 1.25. The van der Waals surface area contributed by atoms with Crippen LogP contribution in [0, 0.1) is 0 Å². The van der Waals surface area contributed by atoms with Crippen LogP contribution in [-0.4, -0.2) is 15.8 Å². The van der Waals surface area contributed by atoms with Gasteiger partial charge in [-0.15, -0.1) is 0 Å². The second-order valence-corrected chi connectivity index (χ2v) is 3.90. The smallest absolute Gasteiger partial charge is 0.327 e. The molecular formula is C9H12F3N3. The van der Waals surface area contributed by atoms with Gasteiger partial charge in [-0.05, 0) is 19.3 Å². The topological polar surface area (TPSA) is 43.8 Å². The third kappa shape index (κ3) is 1.73. The van der Waals surface area contributed by atoms with E-state index in [4.69, 9.17) is 5.73 Å². The van der Waals surface area contributed by atoms with E-state index in [0.29, 0.717) is 12.1 Å². The molecule has 1 aromatic rings. The fraction of sp³-hybridized carbons (Fsp3) is 0.667. The first-order valence-corrected chi connectivity index (χ1v) is 4.77. The predicted molar refractivity (Wildman–Crippen MR) is 48.2 cm³/mol. The van der Waals surface area contributed by atoms with Gasteiger partial charge in [0.05, 0.1) is 0 Å². The third-order valence-corrected chi connectivity index (χ3v) is 2.76. The van der Waals surface area contributed by atoms with Crippen LogP contribution in [0.1, 0.15) is 23.4 Å². The Hall–Kier alpha value is -1.04. The molecule has 0 radical (unpaired) electrons. The standard InChI is InChI=1S/C9H12F3N3/c1-15-7-3-2-5(13)4-6(7)8(14-15)9(10,11)12/h5H,2-4,13H2,1H3. The van der Waals surface area contributed by atoms with E-state index >= 15 is 0 Å². The van der Waals surface area contributed by atoms with Gasteiger partial charge < -0.3 is 5.73 Å². The van der Waals surface area contributed by atoms with E-state index in [9.17, 15) is 13.2 Å². The lowest BCUT2D eigenvalue weighted by Gasteiger charge is -2.19. The van der Waals surface area contributed by atoms with Crippen LogP contribution in [0.5, 0.6) is 0 Å². The van der Waals surface area contributed by atoms with E-state index in [1.54, 1.807) is 7.05 Å². The van der Waals surface area contributed by atoms with Crippen LogP contribution in [0.3, 0.4) is 0 Å². The molecule has 3 nitrogen and oxygen atoms in total. The second kappa shape index (κ2) is 3.23. The summed E-state index contributed by atoms with van der Waals surface area (Å²) in [5.74, 6) is 0. The maximum absolute atomic E-state index is 12.6. The summed E-state index contributed by atoms with van der Waals surface area (Å²) in [7, 11) is 1.55. The molecule has 15 heavy (non-hydrogen) atoms. The van der Waals surface area contributed by atoms with Crippen LogP contribution in [0.25, 0.3) is 0 Å². The van der Waals surface area contributed by atoms with Crippen molar-refractivity contribution in [1.82, 2.24) is 9.78 Å². The first-order chi connectivity index (χ1) is 6.89. The van der Waals surface area contributed by atoms with Crippen LogP contribution in [0.4, 0.5) is 13.2 Å². The average Bonchev–Trinajstić information content (AvgIpc) is 2.42. The van der Waals surface area contributed by atoms with Gasteiger partial charge in [0, 0.05) is 24.3 Å². The van der Waals surface area contributed by atoms with Gasteiger partial charge in [-0.1, -0.05) is 0 Å². The molecule has 0 aliphatic heterocycles. The molecule has 84 valence electrons. The number of halogens is 3. The van der Waals surface area contributed by atoms with Crippen molar-refractivity contribution in [3.63, 3.8) is 0 Å². The number of nitrogens with two attached hydrogens (primary N) is 1. The quantitative estimate of drug-likeness (QED) is 0.713. The number of fused-ring (bicyclic) bond motifs is 1. The molecule has 0 spiro atoms. The summed E-state index contributed by atoms with van der Waals surface area (Å²) in [4.78, 5) is 0. The largest absolute Gasteiger partial charge is 0.435 e. The lowest BCUT2D eigenvalue weighted by Crippen LogP contribution is -2.29. The van der Waals surface area contributed by atoms with Crippen LogP contribution < -0.4 is 5.73 Å². The number of aromatic nitrogens is 2. The minimum absolute atomic E-state index is 0.178. The van der Waals surface area contributed by atoms with Gasteiger partial charge >= 0.3 is 6.18 Å². The van der Waals surface area contributed by atoms with Gasteiger partial charge in [-0.2, -0.15) is 18.3 Å². The Morgan fingerprint density at radius 1 is 1.47 bits per heavy atom. The molecule has 2 rings (SSSR count). The highest BCUT2D eigenvalue weighted by Gasteiger charge is 2.39. The van der Waals surface area contributed by atoms with Crippen LogP contribution >= 0.6 is 0 Å². The Balaban J connectivity index is 2.50. The molecule has 2 N–H and O–H groups in total. The molecule has 1 aliphatic carbocycles. The van der Waals surface area contributed by atoms with E-state index in [0.717, 1.165) is 6.42 Å². The number of rotatable bonds is 0. The molecular weight excluding hydrogens is 207 g/mol. The van der Waals surface area contributed by atoms with Crippen molar-refractivity contribution in [2.75, 3.05) is 0 Å². The summed E-state index contributed by atoms with van der Waals surface area (Å²) >= 11 is 0. The molecule has 1 aliphatic rings. The number of hydrogen-bond acceptors (Lipinski definition) is 2. The zero-order chi connectivity index (χ0) is 11.2. The maximum atomic E-state index is 12.6. The van der Waals surface area contributed by atoms with Gasteiger partial charge in [0.25, 0.3) is 0 Å². The Kier molecular flexibility index (Phi) is 2.26. The van der Waals surface area contributed by atoms with Crippen LogP contribution in [0.15, 0.2) is 0 Å². The van der Waals surface area contributed by atoms with Crippen molar-refractivity contribution in [3.8, 4) is 0 Å². The van der Waals surface area contributed by atoms with Crippen molar-refractivity contribution in [3.05, 3.63) is 17.0 Å². The molecule has 0 fully saturated rings. The van der Waals surface area contributed by atoms with Crippen molar-refractivity contribution >= 4 is 0 Å². The lowest BCUT2D eigenvalue weighted by molar-refractivity contribution is -0.142. The minimum Gasteiger partial charge on any atom is -0.327 e. The molecule has 1 aromatic heterocycles. The van der Waals surface area contributed by atoms with Crippen molar-refractivity contribution in [1.29, 1.82) is 0 Å². The van der Waals surface area contributed by atoms with Gasteiger partial charge in [-0.25, -0.2) is 0 Å². The average molecular weight is 219 g/mol. The summed E-state index contributed by atoms with van der Waals surface area (Å²) in [6.07, 6.45) is -2.79. The Labute approximate surface area is 85.1 Å². The molecule has 0 aromatic carbocycles. The van der Waals surface area contributed by atoms with E-state index in [2.05, 4.69) is 5.10 Å². The number of hydrogen-bond donors (Lipinski definition) is 1. The normalized spacial score (nSPS) is 21.5. The second-order valence-electron chi connectivity index (χ2n) is 3.90. The summed E-state index contributed by atoms with van der Waals surface area (Å²) < 4.78 is 39.1. The zero-order valence-corrected chi connectivity index (χ0v) is 8.30. The van der Waals surface area contributed by atoms with Gasteiger partial charge in [0.15, 0.2) is 5.69 Å². The van der Waals surface area contributed by atoms with E-state index in [1.807, 2.05) is 0 Å². The minimum atomic E-state index is -4.37. The summed E-state index contributed by atoms with van der Waals surface area (Å²) in [5, 5.41) is 3.53. The zero-order valence-electron chi connectivity index (χ0n) is 8.30. The maximum Gasteiger partial charge on any atom is 0.435 e. The fourth-order valence-electron chi connectivity index (χ4n) is 2.04. The van der Waals surface area contributed by atoms with E-state index in [-0.39, 0.29) is 18.0 Å². The molecule has 0 saturated heterocycles. The monoisotopic (exact) mass is 219 g/mol. The first kappa shape index (κ1) is 10.5. The van der Waals surface area contributed by atoms with Crippen molar-refractivity contribution in [2.24, 2.45) is 12.8 Å². The Bertz CT molecular complexity index is 381. The molecule has 1 unspecified atom stereocenters. The van der Waals surface area contributed by atoms with Gasteiger partial charge in [0.2, 0.25) is 0 Å². The van der Waals surface area contributed by atoms with Crippen LogP contribution in [-0.2, 0) is 26.1 Å². The fourth-order valence-corrected chi connectivity index (χ4v) is 2.04. The number of aryl methyl sites for hydroxylation is 1. The highest BCUT2D eigenvalue weighted by atomic mass is 19.4. The highest BCUT2D eigenvalue weighted by Crippen LogP contribution is 2.35. The molecule has 0 amide bonds. The third-order valence-electron chi connectivity index (χ3n) is 2.76. The van der Waals surface area contributed by atoms with Gasteiger partial charge in [0.1, 0.15) is 0 Å². The highest BCUT2D eigenvalue weighted by molar-refractivity contribution is 5.31. The van der Waals surface area contributed by atoms with E-state index in [1.165, 1.54) is 4.68 Å². The molecule has 6 heteroatoms. The van der Waals surface area contributed by atoms with Crippen molar-refractivity contribution in [2.45, 2.75) is 31.5 Å². The first-order valence-electron chi connectivity index (χ1n) is 4.77. The Morgan fingerprint density at radius 3 is 2.73 bits per heavy atom. The molecule has 0 saturated carbocycles. The lowest BCUT2D eigenvalue weighted by atomic mass is 9.92. The summed E-state index contributed by atoms with van der Waals surface area (Å²) in [5.41, 5.74) is 5.85. The summed E-state index contributed by atoms with van der Waals surface area (Å²) in [6.45, 7) is 0. The number of alkyl halides is 3. The van der Waals surface area contributed by atoms with Crippen molar-refractivity contribution < 1.29 is 13.2 Å². The number of nitrogens with zero attached hydrogens (tertiary/aromatic N) is 2. The Morgan fingerprint density at radius 2 is 2.13 bits per heavy atom. The summed E-state index contributed by atoms with van der Waals surface area (Å²) in [6, 6.07) is -0.178. The SMILES string of the molecule is Cn1nc(C(F)(F)F)c2c1CCC(N)C2. The van der Waals surface area contributed by atoms with Gasteiger partial charge in [-0.3, -0.25) is 4.68 Å². The van der Waals surface area contributed by atoms with E-state index < -0.39 is 11.9 Å². The molecule has 1 heterocycles. The van der Waals surface area contributed by atoms with Crippen LogP contribution in [0.2, 0.25) is 0 Å².